The molecule has 0 N–H and O–H groups in total. The van der Waals surface area contributed by atoms with Gasteiger partial charge < -0.3 is 4.55 Å². The van der Waals surface area contributed by atoms with Gasteiger partial charge in [-0.05, 0) is 25.2 Å². The second-order valence-corrected chi connectivity index (χ2v) is 7.40. The lowest BCUT2D eigenvalue weighted by atomic mass is 9.96. The summed E-state index contributed by atoms with van der Waals surface area (Å²) in [6.45, 7) is 4.38. The molecule has 14 heavy (non-hydrogen) atoms. The topological polar surface area (TPSA) is 57.2 Å². The molecule has 0 radical (unpaired) electrons. The summed E-state index contributed by atoms with van der Waals surface area (Å²) in [6.07, 6.45) is 2.55. The standard InChI is InChI=1S/C9H18O3S2/c1-7-6-9(8(2)13-7)4-3-5-14(10,11)12/h7-9H,3-6H2,1-2H3,(H,10,11,12)/p-1. The van der Waals surface area contributed by atoms with E-state index < -0.39 is 10.1 Å². The van der Waals surface area contributed by atoms with Crippen LogP contribution in [0.2, 0.25) is 0 Å². The molecule has 3 unspecified atom stereocenters. The first-order valence-corrected chi connectivity index (χ1v) is 7.49. The fourth-order valence-electron chi connectivity index (χ4n) is 2.03. The van der Waals surface area contributed by atoms with Crippen LogP contribution in [0.5, 0.6) is 0 Å². The van der Waals surface area contributed by atoms with Crippen molar-refractivity contribution in [3.63, 3.8) is 0 Å². The number of hydrogen-bond donors (Lipinski definition) is 0. The molecule has 5 heteroatoms. The highest BCUT2D eigenvalue weighted by Gasteiger charge is 2.28. The first-order chi connectivity index (χ1) is 6.38. The smallest absolute Gasteiger partial charge is 0.0945 e. The molecular formula is C9H17O3S2-. The fourth-order valence-corrected chi connectivity index (χ4v) is 4.11. The minimum atomic E-state index is -4.00. The molecule has 3 atom stereocenters. The zero-order chi connectivity index (χ0) is 10.8. The molecule has 1 aliphatic heterocycles. The first-order valence-electron chi connectivity index (χ1n) is 4.97. The first kappa shape index (κ1) is 12.3. The van der Waals surface area contributed by atoms with Crippen molar-refractivity contribution in [2.45, 2.75) is 43.6 Å². The molecular weight excluding hydrogens is 220 g/mol. The fraction of sp³-hybridized carbons (Fsp3) is 1.00. The van der Waals surface area contributed by atoms with Crippen molar-refractivity contribution in [3.8, 4) is 0 Å². The molecule has 0 aromatic carbocycles. The van der Waals surface area contributed by atoms with Crippen LogP contribution in [-0.2, 0) is 10.1 Å². The van der Waals surface area contributed by atoms with Crippen LogP contribution in [0.25, 0.3) is 0 Å². The van der Waals surface area contributed by atoms with E-state index >= 15 is 0 Å². The monoisotopic (exact) mass is 237 g/mol. The SMILES string of the molecule is CC1CC(CCCS(=O)(=O)[O-])C(C)S1. The third-order valence-electron chi connectivity index (χ3n) is 2.71. The highest BCUT2D eigenvalue weighted by Crippen LogP contribution is 2.40. The molecule has 1 rings (SSSR count). The lowest BCUT2D eigenvalue weighted by molar-refractivity contribution is 0.442. The summed E-state index contributed by atoms with van der Waals surface area (Å²) >= 11 is 1.96. The molecule has 0 saturated carbocycles. The van der Waals surface area contributed by atoms with Crippen molar-refractivity contribution in [1.82, 2.24) is 0 Å². The minimum absolute atomic E-state index is 0.199. The van der Waals surface area contributed by atoms with Crippen molar-refractivity contribution in [1.29, 1.82) is 0 Å². The quantitative estimate of drug-likeness (QED) is 0.700. The minimum Gasteiger partial charge on any atom is -0.748 e. The average Bonchev–Trinajstić information content (AvgIpc) is 2.27. The van der Waals surface area contributed by atoms with Crippen LogP contribution in [0.3, 0.4) is 0 Å². The van der Waals surface area contributed by atoms with E-state index in [1.165, 1.54) is 0 Å². The molecule has 0 amide bonds. The van der Waals surface area contributed by atoms with Gasteiger partial charge in [-0.25, -0.2) is 8.42 Å². The predicted molar refractivity (Wildman–Crippen MR) is 58.4 cm³/mol. The maximum absolute atomic E-state index is 10.4. The summed E-state index contributed by atoms with van der Waals surface area (Å²) in [7, 11) is -4.00. The van der Waals surface area contributed by atoms with E-state index in [1.807, 2.05) is 11.8 Å². The zero-order valence-corrected chi connectivity index (χ0v) is 10.2. The second kappa shape index (κ2) is 4.86. The molecule has 1 heterocycles. The van der Waals surface area contributed by atoms with Crippen LogP contribution in [0, 0.1) is 5.92 Å². The summed E-state index contributed by atoms with van der Waals surface area (Å²) < 4.78 is 31.2. The van der Waals surface area contributed by atoms with Crippen LogP contribution in [0.4, 0.5) is 0 Å². The average molecular weight is 237 g/mol. The van der Waals surface area contributed by atoms with Gasteiger partial charge in [0.1, 0.15) is 0 Å². The normalized spacial score (nSPS) is 33.5. The van der Waals surface area contributed by atoms with Gasteiger partial charge in [0.25, 0.3) is 0 Å². The molecule has 1 fully saturated rings. The van der Waals surface area contributed by atoms with Gasteiger partial charge in [-0.3, -0.25) is 0 Å². The Balaban J connectivity index is 2.25. The summed E-state index contributed by atoms with van der Waals surface area (Å²) in [5.41, 5.74) is 0. The Kier molecular flexibility index (Phi) is 4.28. The molecule has 0 spiro atoms. The van der Waals surface area contributed by atoms with Gasteiger partial charge >= 0.3 is 0 Å². The van der Waals surface area contributed by atoms with Gasteiger partial charge in [0.2, 0.25) is 0 Å². The Bertz CT molecular complexity index is 274. The zero-order valence-electron chi connectivity index (χ0n) is 8.60. The Labute approximate surface area is 90.4 Å². The molecule has 3 nitrogen and oxygen atoms in total. The predicted octanol–water partition coefficient (Wildman–Crippen LogP) is 1.84. The molecule has 1 saturated heterocycles. The molecule has 0 aromatic heterocycles. The van der Waals surface area contributed by atoms with Gasteiger partial charge in [0.05, 0.1) is 10.1 Å². The van der Waals surface area contributed by atoms with Crippen LogP contribution < -0.4 is 0 Å². The van der Waals surface area contributed by atoms with Gasteiger partial charge in [-0.2, -0.15) is 11.8 Å². The van der Waals surface area contributed by atoms with E-state index in [-0.39, 0.29) is 5.75 Å². The van der Waals surface area contributed by atoms with Crippen molar-refractivity contribution in [2.24, 2.45) is 5.92 Å². The summed E-state index contributed by atoms with van der Waals surface area (Å²) in [5, 5.41) is 1.29. The molecule has 0 aliphatic carbocycles. The largest absolute Gasteiger partial charge is 0.748 e. The maximum atomic E-state index is 10.4. The lowest BCUT2D eigenvalue weighted by Crippen LogP contribution is -2.11. The van der Waals surface area contributed by atoms with Crippen molar-refractivity contribution in [2.75, 3.05) is 5.75 Å². The third-order valence-corrected chi connectivity index (χ3v) is 4.97. The van der Waals surface area contributed by atoms with Crippen LogP contribution in [-0.4, -0.2) is 29.2 Å². The van der Waals surface area contributed by atoms with E-state index in [2.05, 4.69) is 13.8 Å². The van der Waals surface area contributed by atoms with Crippen LogP contribution in [0.1, 0.15) is 33.1 Å². The van der Waals surface area contributed by atoms with Crippen molar-refractivity contribution in [3.05, 3.63) is 0 Å². The summed E-state index contributed by atoms with van der Waals surface area (Å²) in [6, 6.07) is 0. The van der Waals surface area contributed by atoms with E-state index in [0.29, 0.717) is 22.8 Å². The Morgan fingerprint density at radius 2 is 2.07 bits per heavy atom. The van der Waals surface area contributed by atoms with Crippen LogP contribution in [0.15, 0.2) is 0 Å². The molecule has 0 aromatic rings. The van der Waals surface area contributed by atoms with Gasteiger partial charge in [0.15, 0.2) is 0 Å². The van der Waals surface area contributed by atoms with E-state index in [0.717, 1.165) is 12.8 Å². The maximum Gasteiger partial charge on any atom is 0.0945 e. The van der Waals surface area contributed by atoms with Gasteiger partial charge in [-0.1, -0.05) is 13.8 Å². The number of hydrogen-bond acceptors (Lipinski definition) is 4. The number of thioether (sulfide) groups is 1. The van der Waals surface area contributed by atoms with E-state index in [9.17, 15) is 13.0 Å². The Hall–Kier alpha value is 0.260. The van der Waals surface area contributed by atoms with Gasteiger partial charge in [-0.15, -0.1) is 0 Å². The number of rotatable bonds is 4. The highest BCUT2D eigenvalue weighted by molar-refractivity contribution is 8.00. The van der Waals surface area contributed by atoms with Gasteiger partial charge in [0, 0.05) is 16.3 Å². The third kappa shape index (κ3) is 4.19. The summed E-state index contributed by atoms with van der Waals surface area (Å²) in [4.78, 5) is 0. The molecule has 1 aliphatic rings. The van der Waals surface area contributed by atoms with Crippen LogP contribution >= 0.6 is 11.8 Å². The lowest BCUT2D eigenvalue weighted by Gasteiger charge is -2.14. The summed E-state index contributed by atoms with van der Waals surface area (Å²) in [5.74, 6) is 0.395. The van der Waals surface area contributed by atoms with Crippen molar-refractivity contribution >= 4 is 21.9 Å². The molecule has 84 valence electrons. The molecule has 0 bridgehead atoms. The van der Waals surface area contributed by atoms with E-state index in [4.69, 9.17) is 0 Å². The van der Waals surface area contributed by atoms with E-state index in [1.54, 1.807) is 0 Å². The Morgan fingerprint density at radius 1 is 1.43 bits per heavy atom. The highest BCUT2D eigenvalue weighted by atomic mass is 32.2. The van der Waals surface area contributed by atoms with Crippen molar-refractivity contribution < 1.29 is 13.0 Å². The Morgan fingerprint density at radius 3 is 2.50 bits per heavy atom. The second-order valence-electron chi connectivity index (χ2n) is 4.05.